The average molecular weight is 556 g/mol. The van der Waals surface area contributed by atoms with Crippen LogP contribution in [0.2, 0.25) is 5.02 Å². The highest BCUT2D eigenvalue weighted by atomic mass is 35.5. The number of amides is 1. The minimum absolute atomic E-state index is 0.0208. The van der Waals surface area contributed by atoms with E-state index in [-0.39, 0.29) is 23.4 Å². The molecule has 1 amide bonds. The molecule has 0 saturated carbocycles. The van der Waals surface area contributed by atoms with Crippen molar-refractivity contribution in [2.24, 2.45) is 0 Å². The highest BCUT2D eigenvalue weighted by molar-refractivity contribution is 6.31. The van der Waals surface area contributed by atoms with Crippen molar-refractivity contribution < 1.29 is 33.0 Å². The SMILES string of the molecule is O=C(/C=C/c1cn(-c2ccccc2)nc1-c1ccc(Cl)c(C(F)(F)F)c1)NC(Cc1ccc(O)cc1)C(=O)O. The van der Waals surface area contributed by atoms with Gasteiger partial charge in [0, 0.05) is 29.8 Å². The van der Waals surface area contributed by atoms with E-state index in [1.807, 2.05) is 0 Å². The van der Waals surface area contributed by atoms with Crippen LogP contribution in [0, 0.1) is 0 Å². The van der Waals surface area contributed by atoms with Crippen molar-refractivity contribution in [3.05, 3.63) is 107 Å². The molecule has 4 rings (SSSR count). The van der Waals surface area contributed by atoms with Crippen molar-refractivity contribution in [2.75, 3.05) is 0 Å². The van der Waals surface area contributed by atoms with Crippen molar-refractivity contribution in [3.63, 3.8) is 0 Å². The molecule has 4 aromatic rings. The average Bonchev–Trinajstić information content (AvgIpc) is 3.33. The molecular weight excluding hydrogens is 535 g/mol. The van der Waals surface area contributed by atoms with Crippen LogP contribution in [0.4, 0.5) is 13.2 Å². The number of carbonyl (C=O) groups is 2. The third-order valence-electron chi connectivity index (χ3n) is 5.71. The van der Waals surface area contributed by atoms with E-state index >= 15 is 0 Å². The Kier molecular flexibility index (Phi) is 8.06. The zero-order valence-corrected chi connectivity index (χ0v) is 20.8. The van der Waals surface area contributed by atoms with Gasteiger partial charge in [-0.15, -0.1) is 0 Å². The number of carboxylic acids is 1. The van der Waals surface area contributed by atoms with E-state index in [0.717, 1.165) is 18.2 Å². The number of phenols is 1. The molecule has 0 aliphatic rings. The zero-order valence-electron chi connectivity index (χ0n) is 20.1. The van der Waals surface area contributed by atoms with Gasteiger partial charge in [0.25, 0.3) is 0 Å². The quantitative estimate of drug-likeness (QED) is 0.240. The second-order valence-electron chi connectivity index (χ2n) is 8.51. The van der Waals surface area contributed by atoms with Gasteiger partial charge in [-0.05, 0) is 48.0 Å². The first-order valence-electron chi connectivity index (χ1n) is 11.5. The minimum atomic E-state index is -4.69. The van der Waals surface area contributed by atoms with E-state index in [1.54, 1.807) is 48.7 Å². The number of para-hydroxylation sites is 1. The van der Waals surface area contributed by atoms with Crippen LogP contribution < -0.4 is 5.32 Å². The van der Waals surface area contributed by atoms with Gasteiger partial charge >= 0.3 is 12.1 Å². The molecule has 0 saturated heterocycles. The van der Waals surface area contributed by atoms with E-state index in [4.69, 9.17) is 11.6 Å². The molecule has 0 aliphatic heterocycles. The lowest BCUT2D eigenvalue weighted by molar-refractivity contribution is -0.141. The highest BCUT2D eigenvalue weighted by Gasteiger charge is 2.33. The van der Waals surface area contributed by atoms with Crippen LogP contribution in [0.3, 0.4) is 0 Å². The van der Waals surface area contributed by atoms with Crippen molar-refractivity contribution in [1.29, 1.82) is 0 Å². The number of benzene rings is 3. The standard InChI is InChI=1S/C28H21ClF3N3O4/c29-23-12-8-18(15-22(23)28(30,31)32)26-19(16-35(34-26)20-4-2-1-3-5-20)9-13-25(37)33-24(27(38)39)14-17-6-10-21(36)11-7-17/h1-13,15-16,24,36H,14H2,(H,33,37)(H,38,39)/b13-9+. The molecule has 3 N–H and O–H groups in total. The fraction of sp³-hybridized carbons (Fsp3) is 0.107. The smallest absolute Gasteiger partial charge is 0.417 e. The Morgan fingerprint density at radius 1 is 1.05 bits per heavy atom. The molecule has 3 aromatic carbocycles. The van der Waals surface area contributed by atoms with Gasteiger partial charge in [0.2, 0.25) is 5.91 Å². The number of nitrogens with one attached hydrogen (secondary N) is 1. The van der Waals surface area contributed by atoms with E-state index in [1.165, 1.54) is 29.0 Å². The number of aromatic nitrogens is 2. The number of nitrogens with zero attached hydrogens (tertiary/aromatic N) is 2. The third kappa shape index (κ3) is 6.85. The number of aromatic hydroxyl groups is 1. The number of rotatable bonds is 8. The van der Waals surface area contributed by atoms with Crippen LogP contribution in [-0.4, -0.2) is 37.9 Å². The topological polar surface area (TPSA) is 104 Å². The van der Waals surface area contributed by atoms with Gasteiger partial charge < -0.3 is 15.5 Å². The molecular formula is C28H21ClF3N3O4. The van der Waals surface area contributed by atoms with Crippen LogP contribution in [-0.2, 0) is 22.2 Å². The Morgan fingerprint density at radius 3 is 2.38 bits per heavy atom. The summed E-state index contributed by atoms with van der Waals surface area (Å²) in [5, 5.41) is 25.3. The maximum atomic E-state index is 13.5. The summed E-state index contributed by atoms with van der Waals surface area (Å²) in [7, 11) is 0. The van der Waals surface area contributed by atoms with Crippen LogP contribution in [0.1, 0.15) is 16.7 Å². The molecule has 0 fully saturated rings. The van der Waals surface area contributed by atoms with Crippen LogP contribution in [0.25, 0.3) is 23.0 Å². The summed E-state index contributed by atoms with van der Waals surface area (Å²) in [6.07, 6.45) is -0.741. The Labute approximate surface area is 225 Å². The molecule has 1 unspecified atom stereocenters. The number of hydrogen-bond donors (Lipinski definition) is 3. The molecule has 0 bridgehead atoms. The number of carboxylic acid groups (broad SMARTS) is 1. The highest BCUT2D eigenvalue weighted by Crippen LogP contribution is 2.37. The van der Waals surface area contributed by atoms with Gasteiger partial charge in [-0.25, -0.2) is 9.48 Å². The van der Waals surface area contributed by atoms with Gasteiger partial charge in [-0.2, -0.15) is 18.3 Å². The van der Waals surface area contributed by atoms with Crippen molar-refractivity contribution in [3.8, 4) is 22.7 Å². The number of halogens is 4. The molecule has 1 aromatic heterocycles. The van der Waals surface area contributed by atoms with E-state index in [2.05, 4.69) is 10.4 Å². The number of phenolic OH excluding ortho intramolecular Hbond substituents is 1. The van der Waals surface area contributed by atoms with Gasteiger partial charge in [0.05, 0.1) is 22.0 Å². The van der Waals surface area contributed by atoms with Crippen molar-refractivity contribution >= 4 is 29.6 Å². The van der Waals surface area contributed by atoms with Crippen LogP contribution >= 0.6 is 11.6 Å². The first-order valence-corrected chi connectivity index (χ1v) is 11.9. The fourth-order valence-corrected chi connectivity index (χ4v) is 4.01. The number of carbonyl (C=O) groups excluding carboxylic acids is 1. The summed E-state index contributed by atoms with van der Waals surface area (Å²) < 4.78 is 41.9. The maximum absolute atomic E-state index is 13.5. The summed E-state index contributed by atoms with van der Waals surface area (Å²) in [6, 6.07) is 16.9. The molecule has 1 heterocycles. The largest absolute Gasteiger partial charge is 0.508 e. The molecule has 11 heteroatoms. The van der Waals surface area contributed by atoms with Crippen molar-refractivity contribution in [1.82, 2.24) is 15.1 Å². The summed E-state index contributed by atoms with van der Waals surface area (Å²) in [4.78, 5) is 24.4. The normalized spacial score (nSPS) is 12.4. The fourth-order valence-electron chi connectivity index (χ4n) is 3.79. The number of hydrogen-bond acceptors (Lipinski definition) is 4. The third-order valence-corrected chi connectivity index (χ3v) is 6.04. The predicted octanol–water partition coefficient (Wildman–Crippen LogP) is 5.74. The molecule has 39 heavy (non-hydrogen) atoms. The Bertz CT molecular complexity index is 1520. The Balaban J connectivity index is 1.64. The second kappa shape index (κ2) is 11.4. The van der Waals surface area contributed by atoms with E-state index < -0.39 is 34.7 Å². The monoisotopic (exact) mass is 555 g/mol. The number of alkyl halides is 3. The molecule has 0 spiro atoms. The van der Waals surface area contributed by atoms with Gasteiger partial charge in [-0.3, -0.25) is 4.79 Å². The lowest BCUT2D eigenvalue weighted by atomic mass is 10.0. The lowest BCUT2D eigenvalue weighted by Crippen LogP contribution is -2.41. The lowest BCUT2D eigenvalue weighted by Gasteiger charge is -2.13. The summed E-state index contributed by atoms with van der Waals surface area (Å²) in [5.74, 6) is -1.97. The zero-order chi connectivity index (χ0) is 28.2. The summed E-state index contributed by atoms with van der Waals surface area (Å²) in [6.45, 7) is 0. The molecule has 1 atom stereocenters. The molecule has 7 nitrogen and oxygen atoms in total. The number of aliphatic carboxylic acids is 1. The Morgan fingerprint density at radius 2 is 1.74 bits per heavy atom. The van der Waals surface area contributed by atoms with E-state index in [0.29, 0.717) is 16.8 Å². The first-order chi connectivity index (χ1) is 18.5. The van der Waals surface area contributed by atoms with Gasteiger partial charge in [0.15, 0.2) is 0 Å². The minimum Gasteiger partial charge on any atom is -0.508 e. The predicted molar refractivity (Wildman–Crippen MR) is 139 cm³/mol. The van der Waals surface area contributed by atoms with Crippen LogP contribution in [0.15, 0.2) is 85.1 Å². The summed E-state index contributed by atoms with van der Waals surface area (Å²) in [5.41, 5.74) is 0.782. The first kappa shape index (κ1) is 27.5. The van der Waals surface area contributed by atoms with Gasteiger partial charge in [-0.1, -0.05) is 48.0 Å². The van der Waals surface area contributed by atoms with E-state index in [9.17, 15) is 33.0 Å². The Hall–Kier alpha value is -4.57. The molecule has 200 valence electrons. The van der Waals surface area contributed by atoms with Gasteiger partial charge in [0.1, 0.15) is 11.8 Å². The molecule has 0 aliphatic carbocycles. The summed E-state index contributed by atoms with van der Waals surface area (Å²) >= 11 is 5.78. The molecule has 0 radical (unpaired) electrons. The second-order valence-corrected chi connectivity index (χ2v) is 8.92. The maximum Gasteiger partial charge on any atom is 0.417 e. The van der Waals surface area contributed by atoms with Crippen molar-refractivity contribution in [2.45, 2.75) is 18.6 Å². The van der Waals surface area contributed by atoms with Crippen LogP contribution in [0.5, 0.6) is 5.75 Å².